The zero-order valence-corrected chi connectivity index (χ0v) is 22.2. The number of hydrogen-bond donors (Lipinski definition) is 1. The van der Waals surface area contributed by atoms with E-state index in [1.54, 1.807) is 6.20 Å². The zero-order chi connectivity index (χ0) is 27.3. The number of piperazine rings is 1. The largest absolute Gasteiger partial charge is 0.363 e. The van der Waals surface area contributed by atoms with Gasteiger partial charge in [-0.2, -0.15) is 15.5 Å². The minimum Gasteiger partial charge on any atom is -0.363 e. The molecule has 0 radical (unpaired) electrons. The number of fused-ring (bicyclic) bond motifs is 3. The molecule has 196 valence electrons. The van der Waals surface area contributed by atoms with Gasteiger partial charge in [-0.05, 0) is 56.9 Å². The molecule has 10 heteroatoms. The summed E-state index contributed by atoms with van der Waals surface area (Å²) < 4.78 is 1.92. The standard InChI is InChI=1S/C29H29N9O/c1-18-16-36(27(39)29(17-31)7-8-29)11-12-37(18)25-13-23-24(15-33-25)38-10-9-32-28(38)35-26(23)34-20(3)22-6-4-5-21(14-30)19(22)2/h4-6,9-10,13,15,18,20H,7-8,11-12,16H2,1-3H3,(H,32,34,35). The first-order chi connectivity index (χ1) is 18.8. The van der Waals surface area contributed by atoms with Crippen molar-refractivity contribution in [2.45, 2.75) is 45.7 Å². The molecule has 1 amide bonds. The van der Waals surface area contributed by atoms with Gasteiger partial charge in [-0.1, -0.05) is 12.1 Å². The van der Waals surface area contributed by atoms with Crippen LogP contribution in [0.15, 0.2) is 42.9 Å². The molecule has 1 aromatic carbocycles. The van der Waals surface area contributed by atoms with E-state index in [0.29, 0.717) is 49.6 Å². The molecule has 1 aliphatic carbocycles. The second kappa shape index (κ2) is 9.25. The van der Waals surface area contributed by atoms with Crippen molar-refractivity contribution in [2.75, 3.05) is 29.9 Å². The molecule has 39 heavy (non-hydrogen) atoms. The predicted molar refractivity (Wildman–Crippen MR) is 147 cm³/mol. The Morgan fingerprint density at radius 1 is 1.23 bits per heavy atom. The van der Waals surface area contributed by atoms with E-state index in [2.05, 4.69) is 41.2 Å². The van der Waals surface area contributed by atoms with E-state index in [4.69, 9.17) is 9.97 Å². The average molecular weight is 520 g/mol. The summed E-state index contributed by atoms with van der Waals surface area (Å²) in [4.78, 5) is 31.0. The van der Waals surface area contributed by atoms with Crippen LogP contribution in [0.3, 0.4) is 0 Å². The number of benzene rings is 1. The maximum Gasteiger partial charge on any atom is 0.243 e. The third kappa shape index (κ3) is 4.09. The van der Waals surface area contributed by atoms with E-state index < -0.39 is 5.41 Å². The minimum absolute atomic E-state index is 0.0362. The van der Waals surface area contributed by atoms with Gasteiger partial charge < -0.3 is 15.1 Å². The predicted octanol–water partition coefficient (Wildman–Crippen LogP) is 3.97. The summed E-state index contributed by atoms with van der Waals surface area (Å²) in [5, 5.41) is 23.4. The van der Waals surface area contributed by atoms with Gasteiger partial charge in [0.1, 0.15) is 17.1 Å². The van der Waals surface area contributed by atoms with Crippen molar-refractivity contribution in [3.63, 3.8) is 0 Å². The number of nitriles is 2. The van der Waals surface area contributed by atoms with Gasteiger partial charge in [0, 0.05) is 43.5 Å². The lowest BCUT2D eigenvalue weighted by Gasteiger charge is -2.41. The van der Waals surface area contributed by atoms with E-state index in [0.717, 1.165) is 27.8 Å². The highest BCUT2D eigenvalue weighted by molar-refractivity contribution is 5.93. The number of amides is 1. The van der Waals surface area contributed by atoms with Gasteiger partial charge in [0.25, 0.3) is 0 Å². The highest BCUT2D eigenvalue weighted by atomic mass is 16.2. The number of nitrogens with one attached hydrogen (secondary N) is 1. The van der Waals surface area contributed by atoms with E-state index in [9.17, 15) is 15.3 Å². The molecule has 1 saturated carbocycles. The fraction of sp³-hybridized carbons (Fsp3) is 0.379. The second-order valence-electron chi connectivity index (χ2n) is 10.6. The van der Waals surface area contributed by atoms with Crippen LogP contribution in [0, 0.1) is 35.0 Å². The highest BCUT2D eigenvalue weighted by Gasteiger charge is 2.53. The first-order valence-electron chi connectivity index (χ1n) is 13.2. The Hall–Kier alpha value is -4.70. The molecule has 4 heterocycles. The Morgan fingerprint density at radius 3 is 2.77 bits per heavy atom. The number of carbonyl (C=O) groups excluding carboxylic acids is 1. The number of nitrogens with zero attached hydrogens (tertiary/aromatic N) is 8. The third-order valence-electron chi connectivity index (χ3n) is 8.11. The molecular formula is C29H29N9O. The monoisotopic (exact) mass is 519 g/mol. The molecule has 0 spiro atoms. The maximum atomic E-state index is 12.9. The van der Waals surface area contributed by atoms with Crippen molar-refractivity contribution in [2.24, 2.45) is 5.41 Å². The topological polar surface area (TPSA) is 126 Å². The van der Waals surface area contributed by atoms with Gasteiger partial charge in [0.15, 0.2) is 0 Å². The molecule has 4 aromatic rings. The fourth-order valence-electron chi connectivity index (χ4n) is 5.62. The minimum atomic E-state index is -0.798. The SMILES string of the molecule is Cc1c(C#N)cccc1C(C)Nc1nc2nccn2c2cnc(N3CCN(C(=O)C4(C#N)CC4)CC3C)cc12. The van der Waals surface area contributed by atoms with Crippen LogP contribution in [-0.2, 0) is 4.79 Å². The number of aromatic nitrogens is 4. The van der Waals surface area contributed by atoms with E-state index >= 15 is 0 Å². The van der Waals surface area contributed by atoms with Crippen molar-refractivity contribution in [3.05, 3.63) is 59.5 Å². The summed E-state index contributed by atoms with van der Waals surface area (Å²) in [6.07, 6.45) is 6.75. The quantitative estimate of drug-likeness (QED) is 0.420. The summed E-state index contributed by atoms with van der Waals surface area (Å²) in [5.74, 6) is 2.03. The van der Waals surface area contributed by atoms with Crippen LogP contribution in [0.25, 0.3) is 16.7 Å². The lowest BCUT2D eigenvalue weighted by atomic mass is 9.98. The number of hydrogen-bond acceptors (Lipinski definition) is 8. The molecule has 1 saturated heterocycles. The molecule has 3 aromatic heterocycles. The Bertz CT molecular complexity index is 1690. The fourth-order valence-corrected chi connectivity index (χ4v) is 5.62. The van der Waals surface area contributed by atoms with Gasteiger partial charge in [0.05, 0.1) is 35.5 Å². The number of imidazole rings is 1. The molecule has 2 fully saturated rings. The van der Waals surface area contributed by atoms with Crippen molar-refractivity contribution in [3.8, 4) is 12.1 Å². The first kappa shape index (κ1) is 24.6. The van der Waals surface area contributed by atoms with E-state index in [1.165, 1.54) is 0 Å². The second-order valence-corrected chi connectivity index (χ2v) is 10.6. The van der Waals surface area contributed by atoms with Crippen molar-refractivity contribution in [1.29, 1.82) is 10.5 Å². The number of rotatable bonds is 5. The van der Waals surface area contributed by atoms with Crippen molar-refractivity contribution in [1.82, 2.24) is 24.3 Å². The number of anilines is 2. The van der Waals surface area contributed by atoms with Gasteiger partial charge in [-0.15, -0.1) is 0 Å². The van der Waals surface area contributed by atoms with Crippen LogP contribution >= 0.6 is 0 Å². The number of pyridine rings is 1. The van der Waals surface area contributed by atoms with E-state index in [1.807, 2.05) is 52.9 Å². The summed E-state index contributed by atoms with van der Waals surface area (Å²) in [5.41, 5.74) is 2.71. The molecule has 1 aliphatic heterocycles. The van der Waals surface area contributed by atoms with Crippen molar-refractivity contribution >= 4 is 34.2 Å². The lowest BCUT2D eigenvalue weighted by molar-refractivity contribution is -0.135. The molecule has 2 unspecified atom stereocenters. The first-order valence-corrected chi connectivity index (χ1v) is 13.2. The molecule has 0 bridgehead atoms. The van der Waals surface area contributed by atoms with Crippen LogP contribution in [0.5, 0.6) is 0 Å². The normalized spacial score (nSPS) is 18.9. The molecule has 6 rings (SSSR count). The molecule has 1 N–H and O–H groups in total. The summed E-state index contributed by atoms with van der Waals surface area (Å²) in [6.45, 7) is 7.85. The van der Waals surface area contributed by atoms with Crippen molar-refractivity contribution < 1.29 is 4.79 Å². The smallest absolute Gasteiger partial charge is 0.243 e. The van der Waals surface area contributed by atoms with Gasteiger partial charge in [-0.3, -0.25) is 9.20 Å². The Morgan fingerprint density at radius 2 is 2.05 bits per heavy atom. The van der Waals surface area contributed by atoms with Gasteiger partial charge >= 0.3 is 0 Å². The van der Waals surface area contributed by atoms with Crippen LogP contribution in [-0.4, -0.2) is 55.8 Å². The van der Waals surface area contributed by atoms with Crippen LogP contribution in [0.2, 0.25) is 0 Å². The summed E-state index contributed by atoms with van der Waals surface area (Å²) in [6, 6.07) is 12.2. The van der Waals surface area contributed by atoms with E-state index in [-0.39, 0.29) is 18.0 Å². The van der Waals surface area contributed by atoms with Crippen LogP contribution < -0.4 is 10.2 Å². The van der Waals surface area contributed by atoms with Crippen LogP contribution in [0.1, 0.15) is 49.4 Å². The van der Waals surface area contributed by atoms with Gasteiger partial charge in [-0.25, -0.2) is 9.97 Å². The Kier molecular flexibility index (Phi) is 5.84. The van der Waals surface area contributed by atoms with Gasteiger partial charge in [0.2, 0.25) is 11.7 Å². The molecule has 2 atom stereocenters. The molecular weight excluding hydrogens is 490 g/mol. The number of carbonyl (C=O) groups is 1. The summed E-state index contributed by atoms with van der Waals surface area (Å²) in [7, 11) is 0. The average Bonchev–Trinajstić information content (AvgIpc) is 3.61. The molecule has 2 aliphatic rings. The molecule has 10 nitrogen and oxygen atoms in total. The summed E-state index contributed by atoms with van der Waals surface area (Å²) >= 11 is 0. The highest BCUT2D eigenvalue weighted by Crippen LogP contribution is 2.46. The Labute approximate surface area is 226 Å². The zero-order valence-electron chi connectivity index (χ0n) is 22.2. The third-order valence-corrected chi connectivity index (χ3v) is 8.11. The maximum absolute atomic E-state index is 12.9. The Balaban J connectivity index is 1.33. The van der Waals surface area contributed by atoms with Crippen LogP contribution in [0.4, 0.5) is 11.6 Å². The lowest BCUT2D eigenvalue weighted by Crippen LogP contribution is -2.55.